The average Bonchev–Trinajstić information content (AvgIpc) is 2.49. The van der Waals surface area contributed by atoms with Gasteiger partial charge in [0.25, 0.3) is 0 Å². The summed E-state index contributed by atoms with van der Waals surface area (Å²) in [4.78, 5) is 10.8. The highest BCUT2D eigenvalue weighted by molar-refractivity contribution is 7.92. The van der Waals surface area contributed by atoms with Crippen LogP contribution in [-0.4, -0.2) is 42.6 Å². The number of phenolic OH excluding ortho intramolecular Hbond substituents is 1. The maximum Gasteiger partial charge on any atom is 0.329 e. The molecule has 0 bridgehead atoms. The highest BCUT2D eigenvalue weighted by Crippen LogP contribution is 2.41. The summed E-state index contributed by atoms with van der Waals surface area (Å²) in [5, 5.41) is 18.6. The molecule has 1 rings (SSSR count). The number of rotatable bonds is 6. The van der Waals surface area contributed by atoms with Crippen molar-refractivity contribution in [3.8, 4) is 5.75 Å². The first-order valence-electron chi connectivity index (χ1n) is 8.95. The predicted molar refractivity (Wildman–Crippen MR) is 105 cm³/mol. The number of carbonyl (C=O) groups is 1. The molecule has 27 heavy (non-hydrogen) atoms. The lowest BCUT2D eigenvalue weighted by Gasteiger charge is -2.29. The number of hydrogen-bond donors (Lipinski definition) is 2. The number of benzene rings is 1. The van der Waals surface area contributed by atoms with Crippen molar-refractivity contribution >= 4 is 15.8 Å². The number of aliphatic carboxylic acids is 1. The molecule has 0 saturated heterocycles. The maximum absolute atomic E-state index is 13.2. The molecular formula is C20H32O6S. The van der Waals surface area contributed by atoms with Crippen LogP contribution >= 0.6 is 0 Å². The quantitative estimate of drug-likeness (QED) is 0.756. The number of carboxylic acid groups (broad SMARTS) is 1. The Kier molecular flexibility index (Phi) is 6.77. The molecule has 0 spiro atoms. The third-order valence-electron chi connectivity index (χ3n) is 4.65. The van der Waals surface area contributed by atoms with Gasteiger partial charge in [-0.05, 0) is 36.8 Å². The fourth-order valence-corrected chi connectivity index (χ4v) is 4.30. The minimum Gasteiger partial charge on any atom is -0.507 e. The van der Waals surface area contributed by atoms with Gasteiger partial charge in [-0.2, -0.15) is 0 Å². The van der Waals surface area contributed by atoms with Crippen LogP contribution in [0.3, 0.4) is 0 Å². The average molecular weight is 401 g/mol. The van der Waals surface area contributed by atoms with Gasteiger partial charge in [-0.1, -0.05) is 41.5 Å². The molecule has 1 aromatic carbocycles. The van der Waals surface area contributed by atoms with Crippen LogP contribution in [0.25, 0.3) is 0 Å². The Morgan fingerprint density at radius 3 is 1.78 bits per heavy atom. The molecule has 2 atom stereocenters. The molecule has 0 radical (unpaired) electrons. The van der Waals surface area contributed by atoms with Crippen molar-refractivity contribution in [2.45, 2.75) is 82.5 Å². The SMILES string of the molecule is C[C@H](OCC(=O)O)[C@H](C)S(=O)(=O)c1cc(C(C)(C)C)c(O)c(C(C)(C)C)c1. The van der Waals surface area contributed by atoms with E-state index in [2.05, 4.69) is 0 Å². The second kappa shape index (κ2) is 7.80. The van der Waals surface area contributed by atoms with Gasteiger partial charge in [0.05, 0.1) is 16.2 Å². The van der Waals surface area contributed by atoms with Crippen molar-refractivity contribution in [3.05, 3.63) is 23.3 Å². The van der Waals surface area contributed by atoms with Gasteiger partial charge in [0.2, 0.25) is 0 Å². The number of phenols is 1. The molecule has 0 unspecified atom stereocenters. The Bertz CT molecular complexity index is 762. The van der Waals surface area contributed by atoms with Crippen LogP contribution < -0.4 is 0 Å². The first kappa shape index (κ1) is 23.4. The molecular weight excluding hydrogens is 368 g/mol. The smallest absolute Gasteiger partial charge is 0.329 e. The maximum atomic E-state index is 13.2. The third kappa shape index (κ3) is 5.45. The van der Waals surface area contributed by atoms with Crippen LogP contribution in [-0.2, 0) is 30.2 Å². The number of sulfone groups is 1. The van der Waals surface area contributed by atoms with Crippen molar-refractivity contribution in [1.29, 1.82) is 0 Å². The molecule has 0 aliphatic carbocycles. The molecule has 0 fully saturated rings. The fourth-order valence-electron chi connectivity index (χ4n) is 2.72. The van der Waals surface area contributed by atoms with Gasteiger partial charge in [-0.25, -0.2) is 13.2 Å². The van der Waals surface area contributed by atoms with Crippen molar-refractivity contribution in [3.63, 3.8) is 0 Å². The third-order valence-corrected chi connectivity index (χ3v) is 6.90. The number of ether oxygens (including phenoxy) is 1. The largest absolute Gasteiger partial charge is 0.507 e. The van der Waals surface area contributed by atoms with E-state index in [1.807, 2.05) is 41.5 Å². The molecule has 0 aromatic heterocycles. The topological polar surface area (TPSA) is 101 Å². The summed E-state index contributed by atoms with van der Waals surface area (Å²) in [6, 6.07) is 3.03. The van der Waals surface area contributed by atoms with Gasteiger partial charge in [-0.3, -0.25) is 0 Å². The van der Waals surface area contributed by atoms with E-state index in [1.165, 1.54) is 19.1 Å². The highest BCUT2D eigenvalue weighted by atomic mass is 32.2. The van der Waals surface area contributed by atoms with E-state index >= 15 is 0 Å². The molecule has 0 aliphatic heterocycles. The van der Waals surface area contributed by atoms with Crippen molar-refractivity contribution in [2.75, 3.05) is 6.61 Å². The second-order valence-electron chi connectivity index (χ2n) is 9.03. The van der Waals surface area contributed by atoms with Crippen LogP contribution in [0.5, 0.6) is 5.75 Å². The predicted octanol–water partition coefficient (Wildman–Crippen LogP) is 3.64. The molecule has 0 amide bonds. The number of aromatic hydroxyl groups is 1. The summed E-state index contributed by atoms with van der Waals surface area (Å²) < 4.78 is 31.5. The second-order valence-corrected chi connectivity index (χ2v) is 11.3. The van der Waals surface area contributed by atoms with Crippen LogP contribution in [0.4, 0.5) is 0 Å². The summed E-state index contributed by atoms with van der Waals surface area (Å²) in [7, 11) is -3.80. The first-order chi connectivity index (χ1) is 12.0. The van der Waals surface area contributed by atoms with Crippen LogP contribution in [0.1, 0.15) is 66.5 Å². The van der Waals surface area contributed by atoms with E-state index in [-0.39, 0.29) is 10.6 Å². The van der Waals surface area contributed by atoms with Gasteiger partial charge >= 0.3 is 5.97 Å². The van der Waals surface area contributed by atoms with E-state index in [0.29, 0.717) is 11.1 Å². The zero-order chi connectivity index (χ0) is 21.4. The molecule has 2 N–H and O–H groups in total. The first-order valence-corrected chi connectivity index (χ1v) is 10.5. The summed E-state index contributed by atoms with van der Waals surface area (Å²) in [5.74, 6) is -1.04. The number of carboxylic acids is 1. The van der Waals surface area contributed by atoms with Gasteiger partial charge in [0.15, 0.2) is 9.84 Å². The monoisotopic (exact) mass is 400 g/mol. The Morgan fingerprint density at radius 1 is 1.04 bits per heavy atom. The van der Waals surface area contributed by atoms with Crippen molar-refractivity contribution in [2.24, 2.45) is 0 Å². The summed E-state index contributed by atoms with van der Waals surface area (Å²) >= 11 is 0. The van der Waals surface area contributed by atoms with Crippen molar-refractivity contribution < 1.29 is 28.2 Å². The number of hydrogen-bond acceptors (Lipinski definition) is 5. The summed E-state index contributed by atoms with van der Waals surface area (Å²) in [6.07, 6.45) is -0.795. The Balaban J connectivity index is 3.53. The highest BCUT2D eigenvalue weighted by Gasteiger charge is 2.34. The molecule has 7 heteroatoms. The summed E-state index contributed by atoms with van der Waals surface area (Å²) in [6.45, 7) is 13.9. The van der Waals surface area contributed by atoms with Gasteiger partial charge in [0.1, 0.15) is 12.4 Å². The Hall–Kier alpha value is -1.60. The Morgan fingerprint density at radius 2 is 1.44 bits per heavy atom. The van der Waals surface area contributed by atoms with Gasteiger partial charge in [-0.15, -0.1) is 0 Å². The van der Waals surface area contributed by atoms with E-state index in [1.54, 1.807) is 6.92 Å². The lowest BCUT2D eigenvalue weighted by atomic mass is 9.79. The Labute approximate surface area is 162 Å². The van der Waals surface area contributed by atoms with E-state index in [0.717, 1.165) is 0 Å². The van der Waals surface area contributed by atoms with Crippen LogP contribution in [0.2, 0.25) is 0 Å². The van der Waals surface area contributed by atoms with E-state index < -0.39 is 44.6 Å². The zero-order valence-electron chi connectivity index (χ0n) is 17.5. The van der Waals surface area contributed by atoms with E-state index in [9.17, 15) is 18.3 Å². The molecule has 0 heterocycles. The van der Waals surface area contributed by atoms with Gasteiger partial charge in [0, 0.05) is 11.1 Å². The lowest BCUT2D eigenvalue weighted by Crippen LogP contribution is -2.33. The minimum atomic E-state index is -3.80. The minimum absolute atomic E-state index is 0.105. The molecule has 6 nitrogen and oxygen atoms in total. The van der Waals surface area contributed by atoms with E-state index in [4.69, 9.17) is 9.84 Å². The zero-order valence-corrected chi connectivity index (χ0v) is 18.3. The van der Waals surface area contributed by atoms with Crippen molar-refractivity contribution in [1.82, 2.24) is 0 Å². The summed E-state index contributed by atoms with van der Waals surface area (Å²) in [5.41, 5.74) is 0.203. The van der Waals surface area contributed by atoms with Crippen LogP contribution in [0, 0.1) is 0 Å². The molecule has 1 aromatic rings. The fraction of sp³-hybridized carbons (Fsp3) is 0.650. The molecule has 0 saturated carbocycles. The lowest BCUT2D eigenvalue weighted by molar-refractivity contribution is -0.144. The van der Waals surface area contributed by atoms with Crippen LogP contribution in [0.15, 0.2) is 17.0 Å². The molecule has 154 valence electrons. The normalized spacial score (nSPS) is 15.4. The molecule has 0 aliphatic rings. The van der Waals surface area contributed by atoms with Gasteiger partial charge < -0.3 is 14.9 Å². The standard InChI is InChI=1S/C20H32O6S/c1-12(26-11-17(21)22)13(2)27(24,25)14-9-15(19(3,4)5)18(23)16(10-14)20(6,7)8/h9-10,12-13,23H,11H2,1-8H3,(H,21,22)/t12-,13-/m0/s1.